The van der Waals surface area contributed by atoms with E-state index in [2.05, 4.69) is 34.5 Å². The summed E-state index contributed by atoms with van der Waals surface area (Å²) in [5, 5.41) is 13.2. The van der Waals surface area contributed by atoms with Crippen molar-refractivity contribution in [1.29, 1.82) is 0 Å². The van der Waals surface area contributed by atoms with Crippen molar-refractivity contribution in [3.05, 3.63) is 59.7 Å². The lowest BCUT2D eigenvalue weighted by Crippen LogP contribution is -2.18. The SMILES string of the molecule is Oc1ccccc1CNc1cccc(CN2CCCC2)c1. The van der Waals surface area contributed by atoms with Gasteiger partial charge in [-0.1, -0.05) is 30.3 Å². The fourth-order valence-corrected chi connectivity index (χ4v) is 2.84. The Bertz CT molecular complexity index is 591. The average Bonchev–Trinajstić information content (AvgIpc) is 3.00. The van der Waals surface area contributed by atoms with Crippen LogP contribution >= 0.6 is 0 Å². The van der Waals surface area contributed by atoms with Crippen molar-refractivity contribution >= 4 is 5.69 Å². The number of aromatic hydroxyl groups is 1. The molecule has 0 radical (unpaired) electrons. The van der Waals surface area contributed by atoms with E-state index in [-0.39, 0.29) is 0 Å². The van der Waals surface area contributed by atoms with Crippen molar-refractivity contribution in [2.24, 2.45) is 0 Å². The van der Waals surface area contributed by atoms with Crippen LogP contribution in [0.1, 0.15) is 24.0 Å². The number of phenols is 1. The van der Waals surface area contributed by atoms with Crippen LogP contribution in [0.25, 0.3) is 0 Å². The van der Waals surface area contributed by atoms with Crippen LogP contribution in [0.15, 0.2) is 48.5 Å². The van der Waals surface area contributed by atoms with Crippen LogP contribution in [-0.4, -0.2) is 23.1 Å². The predicted molar refractivity (Wildman–Crippen MR) is 86.4 cm³/mol. The summed E-state index contributed by atoms with van der Waals surface area (Å²) in [5.74, 6) is 0.346. The van der Waals surface area contributed by atoms with Crippen LogP contribution in [0, 0.1) is 0 Å². The molecule has 3 rings (SSSR count). The Morgan fingerprint density at radius 3 is 2.62 bits per heavy atom. The number of likely N-dealkylation sites (tertiary alicyclic amines) is 1. The predicted octanol–water partition coefficient (Wildman–Crippen LogP) is 3.60. The Morgan fingerprint density at radius 1 is 1.00 bits per heavy atom. The number of phenolic OH excluding ortho intramolecular Hbond substituents is 1. The van der Waals surface area contributed by atoms with E-state index in [9.17, 15) is 5.11 Å². The maximum Gasteiger partial charge on any atom is 0.120 e. The molecule has 3 heteroatoms. The second-order valence-corrected chi connectivity index (χ2v) is 5.67. The van der Waals surface area contributed by atoms with Gasteiger partial charge in [-0.25, -0.2) is 0 Å². The molecule has 0 saturated carbocycles. The lowest BCUT2D eigenvalue weighted by atomic mass is 10.1. The van der Waals surface area contributed by atoms with E-state index in [4.69, 9.17) is 0 Å². The Hall–Kier alpha value is -2.00. The van der Waals surface area contributed by atoms with Crippen LogP contribution in [0.2, 0.25) is 0 Å². The van der Waals surface area contributed by atoms with E-state index < -0.39 is 0 Å². The molecule has 0 unspecified atom stereocenters. The summed E-state index contributed by atoms with van der Waals surface area (Å²) in [6.07, 6.45) is 2.65. The number of hydrogen-bond donors (Lipinski definition) is 2. The van der Waals surface area contributed by atoms with Crippen LogP contribution in [0.4, 0.5) is 5.69 Å². The second kappa shape index (κ2) is 6.64. The Balaban J connectivity index is 1.61. The van der Waals surface area contributed by atoms with Gasteiger partial charge in [-0.3, -0.25) is 4.90 Å². The third-order valence-electron chi connectivity index (χ3n) is 4.01. The van der Waals surface area contributed by atoms with Gasteiger partial charge in [0.2, 0.25) is 0 Å². The summed E-state index contributed by atoms with van der Waals surface area (Å²) in [5.41, 5.74) is 3.37. The van der Waals surface area contributed by atoms with E-state index in [1.54, 1.807) is 6.07 Å². The zero-order valence-electron chi connectivity index (χ0n) is 12.3. The summed E-state index contributed by atoms with van der Waals surface area (Å²) in [6.45, 7) is 4.11. The van der Waals surface area contributed by atoms with E-state index >= 15 is 0 Å². The van der Waals surface area contributed by atoms with Crippen LogP contribution in [0.3, 0.4) is 0 Å². The largest absolute Gasteiger partial charge is 0.508 e. The minimum Gasteiger partial charge on any atom is -0.508 e. The van der Waals surface area contributed by atoms with Crippen LogP contribution < -0.4 is 5.32 Å². The molecule has 0 atom stereocenters. The molecule has 21 heavy (non-hydrogen) atoms. The minimum atomic E-state index is 0.346. The van der Waals surface area contributed by atoms with Crippen molar-refractivity contribution in [3.63, 3.8) is 0 Å². The van der Waals surface area contributed by atoms with Gasteiger partial charge in [0.25, 0.3) is 0 Å². The smallest absolute Gasteiger partial charge is 0.120 e. The minimum absolute atomic E-state index is 0.346. The average molecular weight is 282 g/mol. The molecule has 0 aromatic heterocycles. The van der Waals surface area contributed by atoms with Crippen molar-refractivity contribution in [2.75, 3.05) is 18.4 Å². The first-order valence-electron chi connectivity index (χ1n) is 7.63. The first kappa shape index (κ1) is 14.0. The lowest BCUT2D eigenvalue weighted by molar-refractivity contribution is 0.331. The first-order chi connectivity index (χ1) is 10.3. The third-order valence-corrected chi connectivity index (χ3v) is 4.01. The van der Waals surface area contributed by atoms with Crippen molar-refractivity contribution in [1.82, 2.24) is 4.90 Å². The van der Waals surface area contributed by atoms with Gasteiger partial charge in [0.1, 0.15) is 5.75 Å². The van der Waals surface area contributed by atoms with Gasteiger partial charge < -0.3 is 10.4 Å². The first-order valence-corrected chi connectivity index (χ1v) is 7.63. The van der Waals surface area contributed by atoms with Gasteiger partial charge in [0.05, 0.1) is 0 Å². The van der Waals surface area contributed by atoms with E-state index in [0.717, 1.165) is 17.8 Å². The molecule has 2 N–H and O–H groups in total. The molecule has 3 nitrogen and oxygen atoms in total. The fraction of sp³-hybridized carbons (Fsp3) is 0.333. The second-order valence-electron chi connectivity index (χ2n) is 5.67. The molecule has 1 fully saturated rings. The molecule has 0 amide bonds. The van der Waals surface area contributed by atoms with Crippen LogP contribution in [0.5, 0.6) is 5.75 Å². The number of benzene rings is 2. The summed E-state index contributed by atoms with van der Waals surface area (Å²) in [6, 6.07) is 16.0. The molecule has 1 heterocycles. The zero-order chi connectivity index (χ0) is 14.5. The Labute approximate surface area is 126 Å². The van der Waals surface area contributed by atoms with Gasteiger partial charge >= 0.3 is 0 Å². The Kier molecular flexibility index (Phi) is 4.41. The third kappa shape index (κ3) is 3.76. The fourth-order valence-electron chi connectivity index (χ4n) is 2.84. The van der Waals surface area contributed by atoms with Crippen molar-refractivity contribution in [3.8, 4) is 5.75 Å². The number of anilines is 1. The number of para-hydroxylation sites is 1. The maximum absolute atomic E-state index is 9.79. The molecular weight excluding hydrogens is 260 g/mol. The molecule has 110 valence electrons. The summed E-state index contributed by atoms with van der Waals surface area (Å²) in [4.78, 5) is 2.50. The molecule has 1 aliphatic rings. The maximum atomic E-state index is 9.79. The van der Waals surface area contributed by atoms with E-state index in [1.165, 1.54) is 31.5 Å². The number of hydrogen-bond acceptors (Lipinski definition) is 3. The highest BCUT2D eigenvalue weighted by Crippen LogP contribution is 2.19. The summed E-state index contributed by atoms with van der Waals surface area (Å²) < 4.78 is 0. The van der Waals surface area contributed by atoms with E-state index in [0.29, 0.717) is 12.3 Å². The highest BCUT2D eigenvalue weighted by atomic mass is 16.3. The molecule has 2 aromatic carbocycles. The Morgan fingerprint density at radius 2 is 1.81 bits per heavy atom. The number of nitrogens with one attached hydrogen (secondary N) is 1. The highest BCUT2D eigenvalue weighted by molar-refractivity contribution is 5.47. The molecule has 1 saturated heterocycles. The highest BCUT2D eigenvalue weighted by Gasteiger charge is 2.11. The van der Waals surface area contributed by atoms with Gasteiger partial charge in [-0.15, -0.1) is 0 Å². The van der Waals surface area contributed by atoms with E-state index in [1.807, 2.05) is 18.2 Å². The molecule has 0 bridgehead atoms. The topological polar surface area (TPSA) is 35.5 Å². The van der Waals surface area contributed by atoms with Crippen molar-refractivity contribution in [2.45, 2.75) is 25.9 Å². The van der Waals surface area contributed by atoms with Gasteiger partial charge in [-0.05, 0) is 49.7 Å². The molecular formula is C18H22N2O. The lowest BCUT2D eigenvalue weighted by Gasteiger charge is -2.15. The number of rotatable bonds is 5. The molecule has 0 aliphatic carbocycles. The monoisotopic (exact) mass is 282 g/mol. The van der Waals surface area contributed by atoms with Gasteiger partial charge in [0.15, 0.2) is 0 Å². The number of nitrogens with zero attached hydrogens (tertiary/aromatic N) is 1. The molecule has 2 aromatic rings. The van der Waals surface area contributed by atoms with Gasteiger partial charge in [-0.2, -0.15) is 0 Å². The van der Waals surface area contributed by atoms with Gasteiger partial charge in [0, 0.05) is 24.3 Å². The van der Waals surface area contributed by atoms with Crippen LogP contribution in [-0.2, 0) is 13.1 Å². The quantitative estimate of drug-likeness (QED) is 0.879. The molecule has 1 aliphatic heterocycles. The van der Waals surface area contributed by atoms with Crippen molar-refractivity contribution < 1.29 is 5.11 Å². The molecule has 0 spiro atoms. The summed E-state index contributed by atoms with van der Waals surface area (Å²) in [7, 11) is 0. The standard InChI is InChI=1S/C18H22N2O/c21-18-9-2-1-7-16(18)13-19-17-8-5-6-15(12-17)14-20-10-3-4-11-20/h1-2,5-9,12,19,21H,3-4,10-11,13-14H2. The summed E-state index contributed by atoms with van der Waals surface area (Å²) >= 11 is 0. The normalized spacial score (nSPS) is 15.2. The zero-order valence-corrected chi connectivity index (χ0v) is 12.3.